The fraction of sp³-hybridized carbons (Fsp3) is 0.733. The van der Waals surface area contributed by atoms with Gasteiger partial charge in [-0.3, -0.25) is 4.68 Å². The van der Waals surface area contributed by atoms with E-state index in [4.69, 9.17) is 0 Å². The van der Waals surface area contributed by atoms with Gasteiger partial charge in [0.25, 0.3) is 0 Å². The maximum Gasteiger partial charge on any atom is 0.317 e. The molecule has 1 aromatic heterocycles. The smallest absolute Gasteiger partial charge is 0.317 e. The van der Waals surface area contributed by atoms with Crippen LogP contribution in [0, 0.1) is 11.8 Å². The average molecular weight is 292 g/mol. The third-order valence-electron chi connectivity index (χ3n) is 4.79. The zero-order valence-corrected chi connectivity index (χ0v) is 12.5. The summed E-state index contributed by atoms with van der Waals surface area (Å²) in [5, 5.41) is 17.6. The molecule has 21 heavy (non-hydrogen) atoms. The molecule has 4 atom stereocenters. The zero-order valence-electron chi connectivity index (χ0n) is 12.5. The van der Waals surface area contributed by atoms with Crippen molar-refractivity contribution in [3.05, 3.63) is 18.5 Å². The standard InChI is InChI=1S/C15H24N4O2/c1-2-4-16-15(21)18-9-11-7-13(19-6-3-5-17-19)14(20)8-12(11)10-18/h3,5-6,11-14,20H,2,4,7-10H2,1H3,(H,16,21)/t11-,12+,13-,14-/m0/s1. The molecule has 3 rings (SSSR count). The van der Waals surface area contributed by atoms with Crippen LogP contribution in [-0.2, 0) is 0 Å². The summed E-state index contributed by atoms with van der Waals surface area (Å²) < 4.78 is 1.86. The second kappa shape index (κ2) is 6.05. The molecule has 2 aliphatic rings. The average Bonchev–Trinajstić information content (AvgIpc) is 3.12. The zero-order chi connectivity index (χ0) is 14.8. The number of hydrogen-bond acceptors (Lipinski definition) is 3. The highest BCUT2D eigenvalue weighted by Crippen LogP contribution is 2.40. The SMILES string of the molecule is CCCNC(=O)N1C[C@H]2C[C@H](O)[C@@H](n3cccn3)C[C@H]2C1. The number of amides is 2. The van der Waals surface area contributed by atoms with Gasteiger partial charge in [0.05, 0.1) is 12.1 Å². The molecule has 0 spiro atoms. The Morgan fingerprint density at radius 1 is 1.38 bits per heavy atom. The number of aliphatic hydroxyl groups is 1. The van der Waals surface area contributed by atoms with Crippen LogP contribution in [0.5, 0.6) is 0 Å². The topological polar surface area (TPSA) is 70.4 Å². The third kappa shape index (κ3) is 2.90. The normalized spacial score (nSPS) is 32.0. The number of nitrogens with zero attached hydrogens (tertiary/aromatic N) is 3. The van der Waals surface area contributed by atoms with Crippen LogP contribution in [0.25, 0.3) is 0 Å². The van der Waals surface area contributed by atoms with Gasteiger partial charge >= 0.3 is 6.03 Å². The quantitative estimate of drug-likeness (QED) is 0.881. The minimum Gasteiger partial charge on any atom is -0.391 e. The van der Waals surface area contributed by atoms with E-state index in [1.54, 1.807) is 6.20 Å². The van der Waals surface area contributed by atoms with E-state index in [0.717, 1.165) is 38.9 Å². The first-order valence-electron chi connectivity index (χ1n) is 7.89. The summed E-state index contributed by atoms with van der Waals surface area (Å²) in [7, 11) is 0. The van der Waals surface area contributed by atoms with E-state index < -0.39 is 0 Å². The third-order valence-corrected chi connectivity index (χ3v) is 4.79. The van der Waals surface area contributed by atoms with Crippen LogP contribution in [0.4, 0.5) is 4.79 Å². The molecular formula is C15H24N4O2. The lowest BCUT2D eigenvalue weighted by molar-refractivity contribution is 0.0306. The number of carbonyl (C=O) groups is 1. The maximum absolute atomic E-state index is 12.1. The molecular weight excluding hydrogens is 268 g/mol. The molecule has 1 aliphatic carbocycles. The molecule has 1 aliphatic heterocycles. The minimum atomic E-state index is -0.371. The highest BCUT2D eigenvalue weighted by atomic mass is 16.3. The van der Waals surface area contributed by atoms with Gasteiger partial charge in [0.2, 0.25) is 0 Å². The molecule has 1 saturated carbocycles. The fourth-order valence-corrected chi connectivity index (χ4v) is 3.68. The number of urea groups is 1. The van der Waals surface area contributed by atoms with E-state index in [0.29, 0.717) is 11.8 Å². The van der Waals surface area contributed by atoms with Crippen molar-refractivity contribution in [1.82, 2.24) is 20.0 Å². The first-order valence-corrected chi connectivity index (χ1v) is 7.89. The molecule has 116 valence electrons. The molecule has 2 fully saturated rings. The van der Waals surface area contributed by atoms with Crippen LogP contribution in [0.2, 0.25) is 0 Å². The van der Waals surface area contributed by atoms with E-state index in [1.807, 2.05) is 21.8 Å². The molecule has 0 bridgehead atoms. The number of nitrogens with one attached hydrogen (secondary N) is 1. The van der Waals surface area contributed by atoms with Crippen molar-refractivity contribution in [2.75, 3.05) is 19.6 Å². The Labute approximate surface area is 125 Å². The second-order valence-corrected chi connectivity index (χ2v) is 6.25. The number of carbonyl (C=O) groups excluding carboxylic acids is 1. The van der Waals surface area contributed by atoms with Crippen molar-refractivity contribution >= 4 is 6.03 Å². The number of aliphatic hydroxyl groups excluding tert-OH is 1. The molecule has 2 N–H and O–H groups in total. The summed E-state index contributed by atoms with van der Waals surface area (Å²) in [4.78, 5) is 14.0. The van der Waals surface area contributed by atoms with Gasteiger partial charge in [0.1, 0.15) is 0 Å². The van der Waals surface area contributed by atoms with E-state index in [-0.39, 0.29) is 18.2 Å². The Morgan fingerprint density at radius 2 is 2.14 bits per heavy atom. The van der Waals surface area contributed by atoms with Gasteiger partial charge in [0.15, 0.2) is 0 Å². The summed E-state index contributed by atoms with van der Waals surface area (Å²) in [5.41, 5.74) is 0. The Hall–Kier alpha value is -1.56. The molecule has 6 nitrogen and oxygen atoms in total. The van der Waals surface area contributed by atoms with E-state index in [2.05, 4.69) is 17.3 Å². The first-order chi connectivity index (χ1) is 10.2. The lowest BCUT2D eigenvalue weighted by Crippen LogP contribution is -2.39. The van der Waals surface area contributed by atoms with Crippen LogP contribution >= 0.6 is 0 Å². The van der Waals surface area contributed by atoms with Crippen LogP contribution in [-0.4, -0.2) is 51.6 Å². The summed E-state index contributed by atoms with van der Waals surface area (Å²) in [6, 6.07) is 1.97. The summed E-state index contributed by atoms with van der Waals surface area (Å²) in [6.45, 7) is 4.34. The lowest BCUT2D eigenvalue weighted by atomic mass is 9.77. The van der Waals surface area contributed by atoms with Gasteiger partial charge < -0.3 is 15.3 Å². The molecule has 0 unspecified atom stereocenters. The van der Waals surface area contributed by atoms with Gasteiger partial charge in [0, 0.05) is 32.0 Å². The number of hydrogen-bond donors (Lipinski definition) is 2. The molecule has 2 amide bonds. The summed E-state index contributed by atoms with van der Waals surface area (Å²) >= 11 is 0. The van der Waals surface area contributed by atoms with Crippen LogP contribution in [0.1, 0.15) is 32.2 Å². The molecule has 1 aromatic rings. The maximum atomic E-state index is 12.1. The highest BCUT2D eigenvalue weighted by molar-refractivity contribution is 5.74. The predicted octanol–water partition coefficient (Wildman–Crippen LogP) is 1.25. The Kier molecular flexibility index (Phi) is 4.14. The van der Waals surface area contributed by atoms with E-state index in [9.17, 15) is 9.90 Å². The molecule has 6 heteroatoms. The van der Waals surface area contributed by atoms with Crippen molar-refractivity contribution in [3.63, 3.8) is 0 Å². The van der Waals surface area contributed by atoms with Crippen molar-refractivity contribution in [3.8, 4) is 0 Å². The van der Waals surface area contributed by atoms with Crippen LogP contribution in [0.15, 0.2) is 18.5 Å². The number of aromatic nitrogens is 2. The highest BCUT2D eigenvalue weighted by Gasteiger charge is 2.43. The van der Waals surface area contributed by atoms with Crippen LogP contribution < -0.4 is 5.32 Å². The molecule has 2 heterocycles. The van der Waals surface area contributed by atoms with Gasteiger partial charge in [-0.15, -0.1) is 0 Å². The van der Waals surface area contributed by atoms with Gasteiger partial charge in [-0.1, -0.05) is 6.92 Å². The number of rotatable bonds is 3. The minimum absolute atomic E-state index is 0.0383. The summed E-state index contributed by atoms with van der Waals surface area (Å²) in [6.07, 6.45) is 5.89. The molecule has 0 aromatic carbocycles. The van der Waals surface area contributed by atoms with E-state index in [1.165, 1.54) is 0 Å². The number of fused-ring (bicyclic) bond motifs is 1. The Bertz CT molecular complexity index is 476. The van der Waals surface area contributed by atoms with Crippen molar-refractivity contribution in [2.24, 2.45) is 11.8 Å². The van der Waals surface area contributed by atoms with Gasteiger partial charge in [-0.25, -0.2) is 4.79 Å². The predicted molar refractivity (Wildman–Crippen MR) is 78.7 cm³/mol. The Morgan fingerprint density at radius 3 is 2.81 bits per heavy atom. The van der Waals surface area contributed by atoms with Crippen LogP contribution in [0.3, 0.4) is 0 Å². The lowest BCUT2D eigenvalue weighted by Gasteiger charge is -2.35. The second-order valence-electron chi connectivity index (χ2n) is 6.25. The van der Waals surface area contributed by atoms with Crippen molar-refractivity contribution < 1.29 is 9.90 Å². The molecule has 1 saturated heterocycles. The van der Waals surface area contributed by atoms with E-state index >= 15 is 0 Å². The molecule has 0 radical (unpaired) electrons. The summed E-state index contributed by atoms with van der Waals surface area (Å²) in [5.74, 6) is 0.883. The van der Waals surface area contributed by atoms with Gasteiger partial charge in [-0.2, -0.15) is 5.10 Å². The van der Waals surface area contributed by atoms with Crippen molar-refractivity contribution in [2.45, 2.75) is 38.3 Å². The fourth-order valence-electron chi connectivity index (χ4n) is 3.68. The number of likely N-dealkylation sites (tertiary alicyclic amines) is 1. The van der Waals surface area contributed by atoms with Gasteiger partial charge in [-0.05, 0) is 37.2 Å². The monoisotopic (exact) mass is 292 g/mol. The van der Waals surface area contributed by atoms with Crippen molar-refractivity contribution in [1.29, 1.82) is 0 Å². The first kappa shape index (κ1) is 14.4. The Balaban J connectivity index is 1.63. The largest absolute Gasteiger partial charge is 0.391 e.